The van der Waals surface area contributed by atoms with E-state index in [-0.39, 0.29) is 17.1 Å². The number of ether oxygens (including phenoxy) is 2. The maximum Gasteiger partial charge on any atom is 0.408 e. The van der Waals surface area contributed by atoms with Crippen LogP contribution in [0.15, 0.2) is 18.2 Å². The maximum atomic E-state index is 12.6. The number of thioether (sulfide) groups is 1. The number of nitro groups is 1. The number of alkyl carbamates (subject to hydrolysis) is 1. The average Bonchev–Trinajstić information content (AvgIpc) is 2.56. The van der Waals surface area contributed by atoms with Gasteiger partial charge < -0.3 is 20.1 Å². The molecule has 0 spiro atoms. The molecule has 0 aromatic heterocycles. The summed E-state index contributed by atoms with van der Waals surface area (Å²) in [4.78, 5) is 34.9. The monoisotopic (exact) mass is 399 g/mol. The lowest BCUT2D eigenvalue weighted by molar-refractivity contribution is -0.384. The Bertz CT molecular complexity index is 690. The number of carbonyl (C=O) groups is 2. The van der Waals surface area contributed by atoms with Gasteiger partial charge in [-0.3, -0.25) is 14.9 Å². The zero-order chi connectivity index (χ0) is 20.6. The van der Waals surface area contributed by atoms with Crippen LogP contribution in [0.3, 0.4) is 0 Å². The van der Waals surface area contributed by atoms with Gasteiger partial charge in [-0.1, -0.05) is 0 Å². The Morgan fingerprint density at radius 2 is 2.00 bits per heavy atom. The summed E-state index contributed by atoms with van der Waals surface area (Å²) >= 11 is 1.53. The highest BCUT2D eigenvalue weighted by atomic mass is 32.2. The third kappa shape index (κ3) is 7.73. The van der Waals surface area contributed by atoms with E-state index >= 15 is 0 Å². The molecule has 2 N–H and O–H groups in total. The van der Waals surface area contributed by atoms with Crippen molar-refractivity contribution in [1.82, 2.24) is 5.32 Å². The Balaban J connectivity index is 2.93. The molecule has 0 radical (unpaired) electrons. The van der Waals surface area contributed by atoms with E-state index < -0.39 is 28.6 Å². The molecule has 1 aromatic carbocycles. The van der Waals surface area contributed by atoms with Crippen molar-refractivity contribution in [2.24, 2.45) is 0 Å². The minimum atomic E-state index is -0.827. The smallest absolute Gasteiger partial charge is 0.408 e. The minimum Gasteiger partial charge on any atom is -0.494 e. The molecule has 1 rings (SSSR count). The zero-order valence-corrected chi connectivity index (χ0v) is 16.8. The number of nitrogens with one attached hydrogen (secondary N) is 2. The van der Waals surface area contributed by atoms with Crippen LogP contribution in [-0.4, -0.2) is 47.7 Å². The number of nitro benzene ring substituents is 1. The third-order valence-corrected chi connectivity index (χ3v) is 3.92. The first-order chi connectivity index (χ1) is 12.6. The standard InChI is InChI=1S/C17H25N3O6S/c1-17(2,3)26-16(22)19-13(8-9-27-5)15(21)18-12-7-6-11(20(23)24)10-14(12)25-4/h6-7,10,13H,8-9H2,1-5H3,(H,18,21)(H,19,22). The second-order valence-corrected chi connectivity index (χ2v) is 7.60. The van der Waals surface area contributed by atoms with Crippen LogP contribution in [-0.2, 0) is 9.53 Å². The summed E-state index contributed by atoms with van der Waals surface area (Å²) in [6.45, 7) is 5.18. The van der Waals surface area contributed by atoms with E-state index in [2.05, 4.69) is 10.6 Å². The van der Waals surface area contributed by atoms with Gasteiger partial charge in [0, 0.05) is 6.07 Å². The van der Waals surface area contributed by atoms with Gasteiger partial charge in [0.1, 0.15) is 17.4 Å². The number of carbonyl (C=O) groups excluding carboxylic acids is 2. The minimum absolute atomic E-state index is 0.151. The fraction of sp³-hybridized carbons (Fsp3) is 0.529. The molecular weight excluding hydrogens is 374 g/mol. The first-order valence-electron chi connectivity index (χ1n) is 8.19. The van der Waals surface area contributed by atoms with Crippen LogP contribution >= 0.6 is 11.8 Å². The van der Waals surface area contributed by atoms with Gasteiger partial charge >= 0.3 is 6.09 Å². The molecule has 0 saturated heterocycles. The lowest BCUT2D eigenvalue weighted by Gasteiger charge is -2.23. The molecule has 0 fully saturated rings. The van der Waals surface area contributed by atoms with Crippen LogP contribution < -0.4 is 15.4 Å². The van der Waals surface area contributed by atoms with Crippen molar-refractivity contribution in [1.29, 1.82) is 0 Å². The summed E-state index contributed by atoms with van der Waals surface area (Å²) in [6.07, 6.45) is 1.59. The maximum absolute atomic E-state index is 12.6. The van der Waals surface area contributed by atoms with E-state index in [1.807, 2.05) is 6.26 Å². The Kier molecular flexibility index (Phi) is 8.35. The molecule has 2 amide bonds. The predicted octanol–water partition coefficient (Wildman–Crippen LogP) is 3.19. The average molecular weight is 399 g/mol. The van der Waals surface area contributed by atoms with Crippen LogP contribution in [0.4, 0.5) is 16.2 Å². The van der Waals surface area contributed by atoms with Crippen LogP contribution in [0.25, 0.3) is 0 Å². The molecule has 0 aliphatic heterocycles. The molecule has 0 heterocycles. The molecule has 150 valence electrons. The van der Waals surface area contributed by atoms with Gasteiger partial charge in [0.25, 0.3) is 5.69 Å². The van der Waals surface area contributed by atoms with Gasteiger partial charge in [0.15, 0.2) is 0 Å². The lowest BCUT2D eigenvalue weighted by Crippen LogP contribution is -2.46. The summed E-state index contributed by atoms with van der Waals surface area (Å²) in [5.74, 6) is 0.325. The predicted molar refractivity (Wildman–Crippen MR) is 104 cm³/mol. The topological polar surface area (TPSA) is 120 Å². The van der Waals surface area contributed by atoms with Gasteiger partial charge in [0.05, 0.1) is 23.8 Å². The first kappa shape index (κ1) is 22.6. The molecule has 9 nitrogen and oxygen atoms in total. The second kappa shape index (κ2) is 10.0. The number of methoxy groups -OCH3 is 1. The largest absolute Gasteiger partial charge is 0.494 e. The van der Waals surface area contributed by atoms with Crippen molar-refractivity contribution in [3.8, 4) is 5.75 Å². The molecule has 10 heteroatoms. The number of nitrogens with zero attached hydrogens (tertiary/aromatic N) is 1. The Morgan fingerprint density at radius 1 is 1.33 bits per heavy atom. The summed E-state index contributed by atoms with van der Waals surface area (Å²) in [5, 5.41) is 16.1. The van der Waals surface area contributed by atoms with Crippen LogP contribution in [0.2, 0.25) is 0 Å². The molecule has 27 heavy (non-hydrogen) atoms. The number of anilines is 1. The highest BCUT2D eigenvalue weighted by Gasteiger charge is 2.25. The highest BCUT2D eigenvalue weighted by molar-refractivity contribution is 7.98. The van der Waals surface area contributed by atoms with Crippen molar-refractivity contribution in [2.75, 3.05) is 24.4 Å². The fourth-order valence-electron chi connectivity index (χ4n) is 2.07. The van der Waals surface area contributed by atoms with E-state index in [0.29, 0.717) is 12.2 Å². The van der Waals surface area contributed by atoms with E-state index in [0.717, 1.165) is 0 Å². The van der Waals surface area contributed by atoms with E-state index in [1.165, 1.54) is 37.1 Å². The molecule has 0 aliphatic carbocycles. The highest BCUT2D eigenvalue weighted by Crippen LogP contribution is 2.29. The van der Waals surface area contributed by atoms with E-state index in [1.54, 1.807) is 20.8 Å². The fourth-order valence-corrected chi connectivity index (χ4v) is 2.54. The van der Waals surface area contributed by atoms with Gasteiger partial charge in [0.2, 0.25) is 5.91 Å². The molecule has 0 aliphatic rings. The summed E-state index contributed by atoms with van der Waals surface area (Å²) < 4.78 is 10.3. The number of amides is 2. The zero-order valence-electron chi connectivity index (χ0n) is 16.0. The van der Waals surface area contributed by atoms with E-state index in [4.69, 9.17) is 9.47 Å². The molecule has 1 unspecified atom stereocenters. The van der Waals surface area contributed by atoms with Crippen molar-refractivity contribution in [3.63, 3.8) is 0 Å². The number of hydrogen-bond donors (Lipinski definition) is 2. The molecule has 1 atom stereocenters. The summed E-state index contributed by atoms with van der Waals surface area (Å²) in [7, 11) is 1.35. The van der Waals surface area contributed by atoms with Crippen molar-refractivity contribution >= 4 is 35.1 Å². The second-order valence-electron chi connectivity index (χ2n) is 6.61. The summed E-state index contributed by atoms with van der Waals surface area (Å²) in [5.41, 5.74) is -0.574. The normalized spacial score (nSPS) is 12.0. The SMILES string of the molecule is COc1cc([N+](=O)[O-])ccc1NC(=O)C(CCSC)NC(=O)OC(C)(C)C. The van der Waals surface area contributed by atoms with E-state index in [9.17, 15) is 19.7 Å². The molecular formula is C17H25N3O6S. The lowest BCUT2D eigenvalue weighted by atomic mass is 10.2. The van der Waals surface area contributed by atoms with Gasteiger partial charge in [-0.15, -0.1) is 0 Å². The molecule has 1 aromatic rings. The van der Waals surface area contributed by atoms with Crippen LogP contribution in [0, 0.1) is 10.1 Å². The van der Waals surface area contributed by atoms with Crippen molar-refractivity contribution in [3.05, 3.63) is 28.3 Å². The van der Waals surface area contributed by atoms with Crippen molar-refractivity contribution < 1.29 is 24.0 Å². The quantitative estimate of drug-likeness (QED) is 0.509. The number of benzene rings is 1. The Morgan fingerprint density at radius 3 is 2.52 bits per heavy atom. The van der Waals surface area contributed by atoms with Gasteiger partial charge in [-0.05, 0) is 45.3 Å². The number of rotatable bonds is 8. The molecule has 0 bridgehead atoms. The van der Waals surface area contributed by atoms with Crippen molar-refractivity contribution in [2.45, 2.75) is 38.8 Å². The van der Waals surface area contributed by atoms with Gasteiger partial charge in [-0.2, -0.15) is 11.8 Å². The van der Waals surface area contributed by atoms with Crippen LogP contribution in [0.5, 0.6) is 5.75 Å². The first-order valence-corrected chi connectivity index (χ1v) is 9.58. The third-order valence-electron chi connectivity index (χ3n) is 3.27. The van der Waals surface area contributed by atoms with Gasteiger partial charge in [-0.25, -0.2) is 4.79 Å². The van der Waals surface area contributed by atoms with Crippen LogP contribution in [0.1, 0.15) is 27.2 Å². The molecule has 0 saturated carbocycles. The Hall–Kier alpha value is -2.49. The Labute approximate surface area is 162 Å². The number of hydrogen-bond acceptors (Lipinski definition) is 7. The summed E-state index contributed by atoms with van der Waals surface area (Å²) in [6, 6.07) is 3.03. The number of non-ortho nitro benzene ring substituents is 1.